The van der Waals surface area contributed by atoms with Gasteiger partial charge in [0.1, 0.15) is 0 Å². The van der Waals surface area contributed by atoms with Crippen LogP contribution >= 0.6 is 0 Å². The van der Waals surface area contributed by atoms with E-state index in [0.717, 1.165) is 12.8 Å². The van der Waals surface area contributed by atoms with Crippen molar-refractivity contribution >= 4 is 5.57 Å². The van der Waals surface area contributed by atoms with Gasteiger partial charge < -0.3 is 0 Å². The van der Waals surface area contributed by atoms with Crippen molar-refractivity contribution in [3.05, 3.63) is 76.4 Å². The van der Waals surface area contributed by atoms with E-state index in [2.05, 4.69) is 77.6 Å². The number of hydrogen-bond acceptors (Lipinski definition) is 0. The van der Waals surface area contributed by atoms with Gasteiger partial charge in [0.2, 0.25) is 0 Å². The van der Waals surface area contributed by atoms with E-state index in [1.165, 1.54) is 39.0 Å². The van der Waals surface area contributed by atoms with Crippen LogP contribution in [-0.2, 0) is 6.42 Å². The third kappa shape index (κ3) is 3.32. The van der Waals surface area contributed by atoms with Crippen molar-refractivity contribution in [3.63, 3.8) is 0 Å². The fraction of sp³-hybridized carbons (Fsp3) is 0.364. The monoisotopic (exact) mass is 292 g/mol. The van der Waals surface area contributed by atoms with E-state index in [-0.39, 0.29) is 0 Å². The molecule has 0 spiro atoms. The second-order valence-corrected chi connectivity index (χ2v) is 6.46. The van der Waals surface area contributed by atoms with Gasteiger partial charge in [-0.1, -0.05) is 49.9 Å². The first-order valence-corrected chi connectivity index (χ1v) is 8.26. The Morgan fingerprint density at radius 3 is 2.18 bits per heavy atom. The summed E-state index contributed by atoms with van der Waals surface area (Å²) < 4.78 is 0. The summed E-state index contributed by atoms with van der Waals surface area (Å²) in [5.74, 6) is 0.502. The summed E-state index contributed by atoms with van der Waals surface area (Å²) in [5.41, 5.74) is 9.61. The molecule has 0 amide bonds. The van der Waals surface area contributed by atoms with Crippen molar-refractivity contribution in [2.24, 2.45) is 5.92 Å². The normalized spacial score (nSPS) is 12.2. The average Bonchev–Trinajstić information content (AvgIpc) is 2.51. The highest BCUT2D eigenvalue weighted by molar-refractivity contribution is 5.72. The first kappa shape index (κ1) is 16.5. The fourth-order valence-corrected chi connectivity index (χ4v) is 3.39. The molecule has 1 atom stereocenters. The fourth-order valence-electron chi connectivity index (χ4n) is 3.39. The predicted molar refractivity (Wildman–Crippen MR) is 98.4 cm³/mol. The van der Waals surface area contributed by atoms with E-state index in [1.807, 2.05) is 0 Å². The molecule has 0 saturated heterocycles. The first-order chi connectivity index (χ1) is 10.5. The van der Waals surface area contributed by atoms with Crippen LogP contribution < -0.4 is 0 Å². The minimum Gasteiger partial charge on any atom is -0.0949 e. The lowest BCUT2D eigenvalue weighted by Gasteiger charge is -2.23. The van der Waals surface area contributed by atoms with Crippen LogP contribution in [0.25, 0.3) is 5.57 Å². The summed E-state index contributed by atoms with van der Waals surface area (Å²) in [6.07, 6.45) is 2.20. The Hall–Kier alpha value is -1.82. The van der Waals surface area contributed by atoms with E-state index in [0.29, 0.717) is 5.92 Å². The van der Waals surface area contributed by atoms with Crippen LogP contribution in [0, 0.1) is 33.6 Å². The maximum Gasteiger partial charge on any atom is -0.0124 e. The quantitative estimate of drug-likeness (QED) is 0.615. The Morgan fingerprint density at radius 1 is 0.955 bits per heavy atom. The summed E-state index contributed by atoms with van der Waals surface area (Å²) in [6.45, 7) is 15.6. The third-order valence-electron chi connectivity index (χ3n) is 4.99. The summed E-state index contributed by atoms with van der Waals surface area (Å²) in [5, 5.41) is 0. The minimum atomic E-state index is 0.502. The molecule has 0 fully saturated rings. The van der Waals surface area contributed by atoms with Crippen LogP contribution in [0.2, 0.25) is 0 Å². The molecule has 0 radical (unpaired) electrons. The molecule has 116 valence electrons. The lowest BCUT2D eigenvalue weighted by Crippen LogP contribution is -2.09. The highest BCUT2D eigenvalue weighted by atomic mass is 14.2. The Labute approximate surface area is 135 Å². The summed E-state index contributed by atoms with van der Waals surface area (Å²) in [7, 11) is 0. The van der Waals surface area contributed by atoms with E-state index < -0.39 is 0 Å². The molecule has 22 heavy (non-hydrogen) atoms. The van der Waals surface area contributed by atoms with Gasteiger partial charge in [-0.3, -0.25) is 0 Å². The lowest BCUT2D eigenvalue weighted by atomic mass is 9.81. The molecule has 0 saturated carbocycles. The van der Waals surface area contributed by atoms with Crippen LogP contribution in [0.4, 0.5) is 0 Å². The molecule has 1 unspecified atom stereocenters. The van der Waals surface area contributed by atoms with Gasteiger partial charge in [-0.05, 0) is 85.4 Å². The standard InChI is InChI=1S/C22H28/c1-7-21(14-20-11-9-8-10-12-20)19(6)22-16(3)13-15(2)17(4)18(22)5/h8-13,21H,6-7,14H2,1-5H3. The van der Waals surface area contributed by atoms with Crippen molar-refractivity contribution in [1.29, 1.82) is 0 Å². The maximum absolute atomic E-state index is 4.48. The molecule has 0 aliphatic rings. The molecular formula is C22H28. The maximum atomic E-state index is 4.48. The molecule has 2 aromatic rings. The molecule has 0 heterocycles. The van der Waals surface area contributed by atoms with E-state index in [1.54, 1.807) is 0 Å². The molecule has 0 heteroatoms. The molecular weight excluding hydrogens is 264 g/mol. The molecule has 2 rings (SSSR count). The number of benzene rings is 2. The molecule has 0 aromatic heterocycles. The van der Waals surface area contributed by atoms with E-state index >= 15 is 0 Å². The van der Waals surface area contributed by atoms with Crippen molar-refractivity contribution in [2.75, 3.05) is 0 Å². The number of aryl methyl sites for hydroxylation is 2. The molecule has 2 aromatic carbocycles. The second kappa shape index (κ2) is 6.96. The van der Waals surface area contributed by atoms with Crippen molar-refractivity contribution in [1.82, 2.24) is 0 Å². The number of hydrogen-bond donors (Lipinski definition) is 0. The van der Waals surface area contributed by atoms with E-state index in [4.69, 9.17) is 0 Å². The van der Waals surface area contributed by atoms with Crippen LogP contribution in [0.1, 0.15) is 46.7 Å². The Balaban J connectivity index is 2.35. The van der Waals surface area contributed by atoms with Crippen LogP contribution in [0.3, 0.4) is 0 Å². The number of allylic oxidation sites excluding steroid dienone is 1. The van der Waals surface area contributed by atoms with Gasteiger partial charge in [0.25, 0.3) is 0 Å². The Kier molecular flexibility index (Phi) is 5.24. The highest BCUT2D eigenvalue weighted by Gasteiger charge is 2.18. The van der Waals surface area contributed by atoms with Crippen molar-refractivity contribution in [2.45, 2.75) is 47.5 Å². The van der Waals surface area contributed by atoms with Crippen molar-refractivity contribution < 1.29 is 0 Å². The molecule has 0 aliphatic heterocycles. The zero-order valence-corrected chi connectivity index (χ0v) is 14.7. The summed E-state index contributed by atoms with van der Waals surface area (Å²) >= 11 is 0. The predicted octanol–water partition coefficient (Wildman–Crippen LogP) is 6.20. The highest BCUT2D eigenvalue weighted by Crippen LogP contribution is 2.34. The van der Waals surface area contributed by atoms with Gasteiger partial charge in [-0.15, -0.1) is 0 Å². The lowest BCUT2D eigenvalue weighted by molar-refractivity contribution is 0.642. The average molecular weight is 292 g/mol. The first-order valence-electron chi connectivity index (χ1n) is 8.26. The third-order valence-corrected chi connectivity index (χ3v) is 4.99. The Bertz CT molecular complexity index is 662. The molecule has 0 aliphatic carbocycles. The summed E-state index contributed by atoms with van der Waals surface area (Å²) in [6, 6.07) is 13.1. The van der Waals surface area contributed by atoms with Gasteiger partial charge in [-0.25, -0.2) is 0 Å². The zero-order valence-electron chi connectivity index (χ0n) is 14.7. The Morgan fingerprint density at radius 2 is 1.59 bits per heavy atom. The van der Waals surface area contributed by atoms with Crippen molar-refractivity contribution in [3.8, 4) is 0 Å². The molecule has 0 N–H and O–H groups in total. The van der Waals surface area contributed by atoms with Gasteiger partial charge in [-0.2, -0.15) is 0 Å². The minimum absolute atomic E-state index is 0.502. The van der Waals surface area contributed by atoms with Gasteiger partial charge in [0.15, 0.2) is 0 Å². The van der Waals surface area contributed by atoms with Crippen LogP contribution in [-0.4, -0.2) is 0 Å². The SMILES string of the molecule is C=C(c1c(C)cc(C)c(C)c1C)C(CC)Cc1ccccc1. The van der Waals surface area contributed by atoms with Crippen LogP contribution in [0.5, 0.6) is 0 Å². The smallest absolute Gasteiger partial charge is 0.0124 e. The largest absolute Gasteiger partial charge is 0.0949 e. The molecule has 0 nitrogen and oxygen atoms in total. The number of rotatable bonds is 5. The zero-order chi connectivity index (χ0) is 16.3. The molecule has 0 bridgehead atoms. The van der Waals surface area contributed by atoms with Gasteiger partial charge >= 0.3 is 0 Å². The summed E-state index contributed by atoms with van der Waals surface area (Å²) in [4.78, 5) is 0. The topological polar surface area (TPSA) is 0 Å². The van der Waals surface area contributed by atoms with E-state index in [9.17, 15) is 0 Å². The van der Waals surface area contributed by atoms with Gasteiger partial charge in [0, 0.05) is 0 Å². The van der Waals surface area contributed by atoms with Crippen LogP contribution in [0.15, 0.2) is 43.0 Å². The van der Waals surface area contributed by atoms with Gasteiger partial charge in [0.05, 0.1) is 0 Å². The second-order valence-electron chi connectivity index (χ2n) is 6.46.